The second-order valence-corrected chi connectivity index (χ2v) is 6.41. The van der Waals surface area contributed by atoms with Crippen molar-refractivity contribution in [3.8, 4) is 0 Å². The first-order valence-corrected chi connectivity index (χ1v) is 7.66. The number of carbonyl (C=O) groups excluding carboxylic acids is 1. The van der Waals surface area contributed by atoms with Crippen LogP contribution < -0.4 is 5.73 Å². The molecular weight excluding hydrogens is 224 g/mol. The van der Waals surface area contributed by atoms with E-state index >= 15 is 0 Å². The van der Waals surface area contributed by atoms with Gasteiger partial charge >= 0.3 is 0 Å². The predicted molar refractivity (Wildman–Crippen MR) is 74.2 cm³/mol. The molecule has 0 saturated heterocycles. The second kappa shape index (κ2) is 6.05. The Morgan fingerprint density at radius 1 is 1.11 bits per heavy atom. The van der Waals surface area contributed by atoms with Gasteiger partial charge in [0.15, 0.2) is 0 Å². The maximum atomic E-state index is 12.5. The van der Waals surface area contributed by atoms with E-state index in [0.717, 1.165) is 32.2 Å². The lowest BCUT2D eigenvalue weighted by Gasteiger charge is -2.37. The van der Waals surface area contributed by atoms with Gasteiger partial charge in [-0.15, -0.1) is 0 Å². The smallest absolute Gasteiger partial charge is 0.242 e. The fraction of sp³-hybridized carbons (Fsp3) is 0.933. The zero-order chi connectivity index (χ0) is 13.0. The summed E-state index contributed by atoms with van der Waals surface area (Å²) in [5, 5.41) is 0. The van der Waals surface area contributed by atoms with Gasteiger partial charge in [-0.3, -0.25) is 4.79 Å². The molecule has 104 valence electrons. The van der Waals surface area contributed by atoms with Crippen LogP contribution in [0.15, 0.2) is 0 Å². The maximum Gasteiger partial charge on any atom is 0.242 e. The van der Waals surface area contributed by atoms with Crippen LogP contribution in [0.5, 0.6) is 0 Å². The molecule has 2 aliphatic carbocycles. The van der Waals surface area contributed by atoms with Gasteiger partial charge in [-0.25, -0.2) is 0 Å². The Morgan fingerprint density at radius 2 is 1.67 bits per heavy atom. The first-order valence-electron chi connectivity index (χ1n) is 7.66. The summed E-state index contributed by atoms with van der Waals surface area (Å²) in [6.07, 6.45) is 11.8. The SMILES string of the molecule is CN(CC1CCCCC1)C(=O)C1(N)CCCCC1. The van der Waals surface area contributed by atoms with Gasteiger partial charge in [0.25, 0.3) is 0 Å². The van der Waals surface area contributed by atoms with Crippen LogP contribution in [-0.4, -0.2) is 29.9 Å². The summed E-state index contributed by atoms with van der Waals surface area (Å²) < 4.78 is 0. The Hall–Kier alpha value is -0.570. The van der Waals surface area contributed by atoms with Crippen molar-refractivity contribution in [3.63, 3.8) is 0 Å². The van der Waals surface area contributed by atoms with Crippen molar-refractivity contribution >= 4 is 5.91 Å². The van der Waals surface area contributed by atoms with Gasteiger partial charge in [0.05, 0.1) is 5.54 Å². The number of carbonyl (C=O) groups is 1. The molecule has 2 saturated carbocycles. The number of amides is 1. The molecule has 2 aliphatic rings. The molecular formula is C15H28N2O. The molecule has 0 aromatic rings. The molecule has 2 fully saturated rings. The van der Waals surface area contributed by atoms with E-state index in [0.29, 0.717) is 5.92 Å². The van der Waals surface area contributed by atoms with Gasteiger partial charge in [0.1, 0.15) is 0 Å². The summed E-state index contributed by atoms with van der Waals surface area (Å²) in [4.78, 5) is 14.4. The minimum atomic E-state index is -0.554. The Labute approximate surface area is 111 Å². The maximum absolute atomic E-state index is 12.5. The molecule has 0 aromatic heterocycles. The molecule has 0 radical (unpaired) electrons. The Bertz CT molecular complexity index is 278. The molecule has 0 atom stereocenters. The van der Waals surface area contributed by atoms with Crippen molar-refractivity contribution in [2.45, 2.75) is 69.7 Å². The predicted octanol–water partition coefficient (Wildman–Crippen LogP) is 2.69. The lowest BCUT2D eigenvalue weighted by molar-refractivity contribution is -0.137. The van der Waals surface area contributed by atoms with E-state index in [1.807, 2.05) is 11.9 Å². The molecule has 0 aliphatic heterocycles. The van der Waals surface area contributed by atoms with Crippen LogP contribution in [0, 0.1) is 5.92 Å². The van der Waals surface area contributed by atoms with E-state index < -0.39 is 5.54 Å². The number of hydrogen-bond donors (Lipinski definition) is 1. The van der Waals surface area contributed by atoms with Gasteiger partial charge in [0.2, 0.25) is 5.91 Å². The topological polar surface area (TPSA) is 46.3 Å². The summed E-state index contributed by atoms with van der Waals surface area (Å²) in [6.45, 7) is 0.914. The van der Waals surface area contributed by atoms with E-state index in [4.69, 9.17) is 5.73 Å². The van der Waals surface area contributed by atoms with Crippen molar-refractivity contribution in [1.82, 2.24) is 4.90 Å². The first-order chi connectivity index (χ1) is 8.62. The number of likely N-dealkylation sites (N-methyl/N-ethyl adjacent to an activating group) is 1. The van der Waals surface area contributed by atoms with Gasteiger partial charge in [-0.05, 0) is 31.6 Å². The highest BCUT2D eigenvalue weighted by atomic mass is 16.2. The van der Waals surface area contributed by atoms with Gasteiger partial charge < -0.3 is 10.6 Å². The zero-order valence-electron chi connectivity index (χ0n) is 11.8. The quantitative estimate of drug-likeness (QED) is 0.839. The summed E-state index contributed by atoms with van der Waals surface area (Å²) in [7, 11) is 1.94. The molecule has 0 spiro atoms. The number of nitrogens with two attached hydrogens (primary N) is 1. The van der Waals surface area contributed by atoms with Gasteiger partial charge in [0, 0.05) is 13.6 Å². The standard InChI is InChI=1S/C15H28N2O/c1-17(12-13-8-4-2-5-9-13)14(18)15(16)10-6-3-7-11-15/h13H,2-12,16H2,1H3. The number of rotatable bonds is 3. The van der Waals surface area contributed by atoms with Crippen LogP contribution in [0.1, 0.15) is 64.2 Å². The third-order valence-corrected chi connectivity index (χ3v) is 4.78. The fourth-order valence-corrected chi connectivity index (χ4v) is 3.62. The van der Waals surface area contributed by atoms with Crippen molar-refractivity contribution in [3.05, 3.63) is 0 Å². The molecule has 2 rings (SSSR count). The third kappa shape index (κ3) is 3.25. The highest BCUT2D eigenvalue weighted by molar-refractivity contribution is 5.86. The van der Waals surface area contributed by atoms with E-state index in [1.165, 1.54) is 38.5 Å². The van der Waals surface area contributed by atoms with Crippen LogP contribution in [0.25, 0.3) is 0 Å². The monoisotopic (exact) mass is 252 g/mol. The van der Waals surface area contributed by atoms with Crippen molar-refractivity contribution in [2.75, 3.05) is 13.6 Å². The van der Waals surface area contributed by atoms with Crippen LogP contribution in [-0.2, 0) is 4.79 Å². The third-order valence-electron chi connectivity index (χ3n) is 4.78. The van der Waals surface area contributed by atoms with Crippen LogP contribution in [0.4, 0.5) is 0 Å². The highest BCUT2D eigenvalue weighted by Crippen LogP contribution is 2.29. The zero-order valence-corrected chi connectivity index (χ0v) is 11.8. The summed E-state index contributed by atoms with van der Waals surface area (Å²) in [6, 6.07) is 0. The highest BCUT2D eigenvalue weighted by Gasteiger charge is 2.37. The minimum Gasteiger partial charge on any atom is -0.344 e. The van der Waals surface area contributed by atoms with Gasteiger partial charge in [-0.1, -0.05) is 38.5 Å². The van der Waals surface area contributed by atoms with E-state index in [2.05, 4.69) is 0 Å². The lowest BCUT2D eigenvalue weighted by atomic mass is 9.81. The number of hydrogen-bond acceptors (Lipinski definition) is 2. The van der Waals surface area contributed by atoms with E-state index in [9.17, 15) is 4.79 Å². The molecule has 18 heavy (non-hydrogen) atoms. The van der Waals surface area contributed by atoms with Crippen molar-refractivity contribution in [2.24, 2.45) is 11.7 Å². The van der Waals surface area contributed by atoms with Crippen LogP contribution >= 0.6 is 0 Å². The Morgan fingerprint density at radius 3 is 2.28 bits per heavy atom. The van der Waals surface area contributed by atoms with Crippen molar-refractivity contribution in [1.29, 1.82) is 0 Å². The molecule has 0 bridgehead atoms. The average Bonchev–Trinajstić information content (AvgIpc) is 2.40. The lowest BCUT2D eigenvalue weighted by Crippen LogP contribution is -2.56. The van der Waals surface area contributed by atoms with Crippen LogP contribution in [0.2, 0.25) is 0 Å². The average molecular weight is 252 g/mol. The van der Waals surface area contributed by atoms with Crippen LogP contribution in [0.3, 0.4) is 0 Å². The molecule has 0 unspecified atom stereocenters. The van der Waals surface area contributed by atoms with E-state index in [1.54, 1.807) is 0 Å². The first kappa shape index (κ1) is 13.9. The molecule has 3 nitrogen and oxygen atoms in total. The summed E-state index contributed by atoms with van der Waals surface area (Å²) in [5.41, 5.74) is 5.76. The Kier molecular flexibility index (Phi) is 4.66. The normalized spacial score (nSPS) is 24.8. The second-order valence-electron chi connectivity index (χ2n) is 6.41. The van der Waals surface area contributed by atoms with Gasteiger partial charge in [-0.2, -0.15) is 0 Å². The largest absolute Gasteiger partial charge is 0.344 e. The molecule has 0 heterocycles. The summed E-state index contributed by atoms with van der Waals surface area (Å²) in [5.74, 6) is 0.896. The molecule has 3 heteroatoms. The molecule has 2 N–H and O–H groups in total. The molecule has 0 aromatic carbocycles. The minimum absolute atomic E-state index is 0.188. The number of nitrogens with zero attached hydrogens (tertiary/aromatic N) is 1. The fourth-order valence-electron chi connectivity index (χ4n) is 3.62. The van der Waals surface area contributed by atoms with E-state index in [-0.39, 0.29) is 5.91 Å². The Balaban J connectivity index is 1.86. The summed E-state index contributed by atoms with van der Waals surface area (Å²) >= 11 is 0. The molecule has 1 amide bonds. The van der Waals surface area contributed by atoms with Crippen molar-refractivity contribution < 1.29 is 4.79 Å².